The molecule has 0 radical (unpaired) electrons. The van der Waals surface area contributed by atoms with E-state index in [9.17, 15) is 0 Å². The Bertz CT molecular complexity index is 182. The lowest BCUT2D eigenvalue weighted by Gasteiger charge is -2.35. The van der Waals surface area contributed by atoms with E-state index in [1.165, 1.54) is 44.9 Å². The van der Waals surface area contributed by atoms with E-state index in [1.54, 1.807) is 0 Å². The van der Waals surface area contributed by atoms with Crippen molar-refractivity contribution in [1.29, 1.82) is 0 Å². The predicted molar refractivity (Wildman–Crippen MR) is 82.1 cm³/mol. The Morgan fingerprint density at radius 3 is 1.95 bits per heavy atom. The van der Waals surface area contributed by atoms with Crippen LogP contribution in [0.1, 0.15) is 65.7 Å². The Morgan fingerprint density at radius 1 is 0.842 bits per heavy atom. The van der Waals surface area contributed by atoms with Crippen molar-refractivity contribution in [2.24, 2.45) is 0 Å². The van der Waals surface area contributed by atoms with Gasteiger partial charge in [0.15, 0.2) is 6.73 Å². The van der Waals surface area contributed by atoms with Crippen LogP contribution in [0.15, 0.2) is 0 Å². The number of unbranched alkanes of at least 4 members (excludes halogenated alkanes) is 6. The van der Waals surface area contributed by atoms with E-state index in [0.717, 1.165) is 37.5 Å². The van der Waals surface area contributed by atoms with Crippen LogP contribution in [0.5, 0.6) is 0 Å². The molecule has 3 nitrogen and oxygen atoms in total. The van der Waals surface area contributed by atoms with Crippen LogP contribution in [0.4, 0.5) is 0 Å². The lowest BCUT2D eigenvalue weighted by Crippen LogP contribution is -2.51. The molecular formula is C16H36NO2+. The van der Waals surface area contributed by atoms with E-state index in [-0.39, 0.29) is 6.61 Å². The Balaban J connectivity index is 3.50. The van der Waals surface area contributed by atoms with Gasteiger partial charge in [0, 0.05) is 0 Å². The van der Waals surface area contributed by atoms with Gasteiger partial charge in [0.05, 0.1) is 26.3 Å². The van der Waals surface area contributed by atoms with Crippen LogP contribution < -0.4 is 0 Å². The van der Waals surface area contributed by atoms with Gasteiger partial charge in [0.1, 0.15) is 6.54 Å². The third-order valence-corrected chi connectivity index (χ3v) is 4.17. The summed E-state index contributed by atoms with van der Waals surface area (Å²) in [5.41, 5.74) is 0. The molecule has 0 amide bonds. The van der Waals surface area contributed by atoms with Crippen molar-refractivity contribution in [2.45, 2.75) is 65.7 Å². The summed E-state index contributed by atoms with van der Waals surface area (Å²) in [4.78, 5) is 0. The summed E-state index contributed by atoms with van der Waals surface area (Å²) in [6, 6.07) is 0. The lowest BCUT2D eigenvalue weighted by molar-refractivity contribution is -0.943. The fourth-order valence-electron chi connectivity index (χ4n) is 2.42. The molecule has 116 valence electrons. The minimum absolute atomic E-state index is 0.252. The Labute approximate surface area is 120 Å². The quantitative estimate of drug-likeness (QED) is 0.298. The van der Waals surface area contributed by atoms with Crippen LogP contribution in [0, 0.1) is 0 Å². The molecule has 0 aromatic rings. The highest BCUT2D eigenvalue weighted by Crippen LogP contribution is 2.09. The number of nitrogens with zero attached hydrogens (tertiary/aromatic N) is 1. The normalized spacial score (nSPS) is 12.0. The third-order valence-electron chi connectivity index (χ3n) is 4.17. The second-order valence-electron chi connectivity index (χ2n) is 5.58. The molecule has 0 fully saturated rings. The number of likely N-dealkylation sites (N-methyl/N-ethyl adjacent to an activating group) is 1. The van der Waals surface area contributed by atoms with Gasteiger partial charge in [-0.15, -0.1) is 0 Å². The summed E-state index contributed by atoms with van der Waals surface area (Å²) < 4.78 is 6.70. The van der Waals surface area contributed by atoms with Gasteiger partial charge >= 0.3 is 0 Å². The smallest absolute Gasteiger partial charge is 0.183 e. The van der Waals surface area contributed by atoms with Crippen molar-refractivity contribution < 1.29 is 14.3 Å². The maximum absolute atomic E-state index is 9.14. The van der Waals surface area contributed by atoms with Gasteiger partial charge in [-0.25, -0.2) is 0 Å². The van der Waals surface area contributed by atoms with Crippen LogP contribution in [0.3, 0.4) is 0 Å². The molecule has 1 N–H and O–H groups in total. The molecule has 0 unspecified atom stereocenters. The van der Waals surface area contributed by atoms with Crippen LogP contribution in [0.25, 0.3) is 0 Å². The first-order chi connectivity index (χ1) is 9.24. The number of aliphatic hydroxyl groups is 1. The monoisotopic (exact) mass is 274 g/mol. The molecule has 0 aromatic heterocycles. The maximum atomic E-state index is 9.14. The molecule has 0 rings (SSSR count). The zero-order valence-corrected chi connectivity index (χ0v) is 13.5. The van der Waals surface area contributed by atoms with Gasteiger partial charge in [-0.2, -0.15) is 0 Å². The molecule has 0 heterocycles. The van der Waals surface area contributed by atoms with Gasteiger partial charge in [0.2, 0.25) is 0 Å². The molecule has 0 aliphatic heterocycles. The number of hydrogen-bond acceptors (Lipinski definition) is 2. The molecule has 0 aliphatic carbocycles. The van der Waals surface area contributed by atoms with Crippen molar-refractivity contribution in [1.82, 2.24) is 0 Å². The van der Waals surface area contributed by atoms with Crippen molar-refractivity contribution in [3.63, 3.8) is 0 Å². The highest BCUT2D eigenvalue weighted by Gasteiger charge is 2.22. The van der Waals surface area contributed by atoms with E-state index in [1.807, 2.05) is 0 Å². The van der Waals surface area contributed by atoms with E-state index in [0.29, 0.717) is 0 Å². The van der Waals surface area contributed by atoms with E-state index in [4.69, 9.17) is 9.84 Å². The summed E-state index contributed by atoms with van der Waals surface area (Å²) in [5, 5.41) is 9.14. The first-order valence-corrected chi connectivity index (χ1v) is 8.28. The predicted octanol–water partition coefficient (Wildman–Crippen LogP) is 3.56. The summed E-state index contributed by atoms with van der Waals surface area (Å²) in [6.07, 6.45) is 9.29. The highest BCUT2D eigenvalue weighted by atomic mass is 16.5. The van der Waals surface area contributed by atoms with Crippen LogP contribution >= 0.6 is 0 Å². The van der Waals surface area contributed by atoms with E-state index >= 15 is 0 Å². The zero-order chi connectivity index (χ0) is 14.4. The van der Waals surface area contributed by atoms with Crippen molar-refractivity contribution >= 4 is 0 Å². The average molecular weight is 274 g/mol. The number of rotatable bonds is 14. The van der Waals surface area contributed by atoms with Gasteiger partial charge in [-0.3, -0.25) is 4.48 Å². The van der Waals surface area contributed by atoms with Gasteiger partial charge in [0.25, 0.3) is 0 Å². The first kappa shape index (κ1) is 18.9. The van der Waals surface area contributed by atoms with Crippen molar-refractivity contribution in [2.75, 3.05) is 39.6 Å². The number of aliphatic hydroxyl groups excluding tert-OH is 1. The second-order valence-corrected chi connectivity index (χ2v) is 5.58. The van der Waals surface area contributed by atoms with Gasteiger partial charge in [-0.05, 0) is 20.3 Å². The van der Waals surface area contributed by atoms with Gasteiger partial charge < -0.3 is 9.84 Å². The average Bonchev–Trinajstić information content (AvgIpc) is 2.44. The van der Waals surface area contributed by atoms with E-state index < -0.39 is 0 Å². The third kappa shape index (κ3) is 9.42. The Kier molecular flexibility index (Phi) is 12.8. The number of quaternary nitrogens is 1. The molecule has 0 saturated heterocycles. The minimum Gasteiger partial charge on any atom is -0.391 e. The molecule has 0 aliphatic rings. The molecule has 0 atom stereocenters. The fraction of sp³-hybridized carbons (Fsp3) is 1.00. The number of ether oxygens (including phenoxy) is 1. The van der Waals surface area contributed by atoms with Crippen LogP contribution in [-0.4, -0.2) is 49.2 Å². The molecule has 0 aromatic carbocycles. The summed E-state index contributed by atoms with van der Waals surface area (Å²) >= 11 is 0. The second kappa shape index (κ2) is 12.9. The lowest BCUT2D eigenvalue weighted by atomic mass is 10.1. The minimum atomic E-state index is 0.252. The molecule has 3 heteroatoms. The molecule has 0 spiro atoms. The van der Waals surface area contributed by atoms with Gasteiger partial charge in [-0.1, -0.05) is 45.4 Å². The molecule has 0 saturated carbocycles. The topological polar surface area (TPSA) is 29.5 Å². The SMILES string of the molecule is CCCCCCCCCOC[N+](CC)(CC)CCO. The maximum Gasteiger partial charge on any atom is 0.183 e. The zero-order valence-electron chi connectivity index (χ0n) is 13.5. The Morgan fingerprint density at radius 2 is 1.42 bits per heavy atom. The number of hydrogen-bond donors (Lipinski definition) is 1. The summed E-state index contributed by atoms with van der Waals surface area (Å²) in [7, 11) is 0. The fourth-order valence-corrected chi connectivity index (χ4v) is 2.42. The largest absolute Gasteiger partial charge is 0.391 e. The van der Waals surface area contributed by atoms with E-state index in [2.05, 4.69) is 20.8 Å². The Hall–Kier alpha value is -0.120. The highest BCUT2D eigenvalue weighted by molar-refractivity contribution is 4.44. The van der Waals surface area contributed by atoms with Crippen molar-refractivity contribution in [3.8, 4) is 0 Å². The molecule has 19 heavy (non-hydrogen) atoms. The van der Waals surface area contributed by atoms with Crippen LogP contribution in [-0.2, 0) is 4.74 Å². The summed E-state index contributed by atoms with van der Waals surface area (Å²) in [5.74, 6) is 0. The van der Waals surface area contributed by atoms with Crippen molar-refractivity contribution in [3.05, 3.63) is 0 Å². The molecule has 0 bridgehead atoms. The standard InChI is InChI=1S/C16H36NO2/c1-4-7-8-9-10-11-12-15-19-16-17(5-2,6-3)13-14-18/h18H,4-16H2,1-3H3/q+1. The van der Waals surface area contributed by atoms with Crippen LogP contribution in [0.2, 0.25) is 0 Å². The summed E-state index contributed by atoms with van der Waals surface area (Å²) in [6.45, 7) is 11.4. The first-order valence-electron chi connectivity index (χ1n) is 8.28. The molecular weight excluding hydrogens is 238 g/mol.